The number of hydrogen-bond acceptors (Lipinski definition) is 6. The molecule has 1 amide bonds. The van der Waals surface area contributed by atoms with Gasteiger partial charge in [-0.1, -0.05) is 6.07 Å². The minimum atomic E-state index is -0.533. The summed E-state index contributed by atoms with van der Waals surface area (Å²) in [5, 5.41) is 0.584. The van der Waals surface area contributed by atoms with Crippen molar-refractivity contribution in [1.29, 1.82) is 0 Å². The molecule has 3 heterocycles. The second-order valence-corrected chi connectivity index (χ2v) is 7.95. The second-order valence-electron chi connectivity index (χ2n) is 6.75. The van der Waals surface area contributed by atoms with Gasteiger partial charge in [-0.25, -0.2) is 9.78 Å². The largest absolute Gasteiger partial charge is 0.454 e. The zero-order valence-corrected chi connectivity index (χ0v) is 16.4. The Labute approximate surface area is 165 Å². The highest BCUT2D eigenvalue weighted by Crippen LogP contribution is 2.26. The molecule has 28 heavy (non-hydrogen) atoms. The number of benzene rings is 1. The molecule has 7 nitrogen and oxygen atoms in total. The first-order valence-corrected chi connectivity index (χ1v) is 9.82. The quantitative estimate of drug-likeness (QED) is 0.683. The summed E-state index contributed by atoms with van der Waals surface area (Å²) in [6.45, 7) is 4.36. The molecule has 1 aliphatic heterocycles. The van der Waals surface area contributed by atoms with Crippen LogP contribution in [-0.4, -0.2) is 28.4 Å². The van der Waals surface area contributed by atoms with Crippen LogP contribution < -0.4 is 10.5 Å². The number of aromatic amines is 1. The Kier molecular flexibility index (Phi) is 4.72. The number of amides is 1. The maximum atomic E-state index is 12.4. The van der Waals surface area contributed by atoms with E-state index in [4.69, 9.17) is 4.74 Å². The zero-order valence-electron chi connectivity index (χ0n) is 15.6. The molecule has 0 bridgehead atoms. The Balaban J connectivity index is 1.51. The van der Waals surface area contributed by atoms with Gasteiger partial charge >= 0.3 is 5.97 Å². The summed E-state index contributed by atoms with van der Waals surface area (Å²) in [7, 11) is 0. The van der Waals surface area contributed by atoms with E-state index in [0.29, 0.717) is 40.3 Å². The Morgan fingerprint density at radius 1 is 1.32 bits per heavy atom. The van der Waals surface area contributed by atoms with Crippen molar-refractivity contribution in [2.75, 3.05) is 11.4 Å². The van der Waals surface area contributed by atoms with Crippen molar-refractivity contribution in [1.82, 2.24) is 9.97 Å². The summed E-state index contributed by atoms with van der Waals surface area (Å²) in [6, 6.07) is 6.81. The molecule has 1 saturated heterocycles. The van der Waals surface area contributed by atoms with Gasteiger partial charge in [0.15, 0.2) is 0 Å². The van der Waals surface area contributed by atoms with E-state index in [1.807, 2.05) is 13.8 Å². The predicted molar refractivity (Wildman–Crippen MR) is 107 cm³/mol. The van der Waals surface area contributed by atoms with E-state index in [-0.39, 0.29) is 18.1 Å². The lowest BCUT2D eigenvalue weighted by atomic mass is 10.2. The van der Waals surface area contributed by atoms with Crippen molar-refractivity contribution >= 4 is 39.1 Å². The fraction of sp³-hybridized carbons (Fsp3) is 0.300. The third kappa shape index (κ3) is 3.31. The van der Waals surface area contributed by atoms with Gasteiger partial charge in [0.2, 0.25) is 5.91 Å². The Bertz CT molecular complexity index is 1150. The van der Waals surface area contributed by atoms with Crippen molar-refractivity contribution in [3.8, 4) is 0 Å². The standard InChI is InChI=1S/C20H19N3O4S/c1-11-12(2)28-19-17(11)18(25)21-15(22-19)10-27-20(26)13-5-3-6-14(9-13)23-8-4-7-16(23)24/h3,5-6,9H,4,7-8,10H2,1-2H3,(H,21,22,25). The maximum Gasteiger partial charge on any atom is 0.338 e. The topological polar surface area (TPSA) is 92.4 Å². The molecule has 2 aromatic heterocycles. The number of carbonyl (C=O) groups excluding carboxylic acids is 2. The van der Waals surface area contributed by atoms with Gasteiger partial charge in [-0.05, 0) is 44.0 Å². The number of hydrogen-bond donors (Lipinski definition) is 1. The van der Waals surface area contributed by atoms with Crippen LogP contribution in [0.15, 0.2) is 29.1 Å². The summed E-state index contributed by atoms with van der Waals surface area (Å²) in [5.74, 6) is -0.171. The molecule has 1 aromatic carbocycles. The van der Waals surface area contributed by atoms with E-state index in [1.165, 1.54) is 11.3 Å². The number of anilines is 1. The van der Waals surface area contributed by atoms with Crippen LogP contribution in [0.5, 0.6) is 0 Å². The molecule has 0 aliphatic carbocycles. The number of nitrogens with one attached hydrogen (secondary N) is 1. The lowest BCUT2D eigenvalue weighted by Gasteiger charge is -2.16. The first-order chi connectivity index (χ1) is 13.4. The Morgan fingerprint density at radius 2 is 2.14 bits per heavy atom. The third-order valence-electron chi connectivity index (χ3n) is 4.90. The summed E-state index contributed by atoms with van der Waals surface area (Å²) >= 11 is 1.44. The summed E-state index contributed by atoms with van der Waals surface area (Å²) < 4.78 is 5.33. The first kappa shape index (κ1) is 18.4. The van der Waals surface area contributed by atoms with E-state index < -0.39 is 5.97 Å². The number of esters is 1. The number of nitrogens with zero attached hydrogens (tertiary/aromatic N) is 2. The normalized spacial score (nSPS) is 14.1. The van der Waals surface area contributed by atoms with Gasteiger partial charge in [-0.2, -0.15) is 0 Å². The van der Waals surface area contributed by atoms with Gasteiger partial charge < -0.3 is 14.6 Å². The lowest BCUT2D eigenvalue weighted by molar-refractivity contribution is -0.117. The molecule has 1 aliphatic rings. The van der Waals surface area contributed by atoms with E-state index >= 15 is 0 Å². The summed E-state index contributed by atoms with van der Waals surface area (Å²) in [4.78, 5) is 47.1. The molecule has 4 rings (SSSR count). The average molecular weight is 397 g/mol. The number of H-pyrrole nitrogens is 1. The highest BCUT2D eigenvalue weighted by Gasteiger charge is 2.22. The highest BCUT2D eigenvalue weighted by molar-refractivity contribution is 7.18. The van der Waals surface area contributed by atoms with Gasteiger partial charge in [-0.15, -0.1) is 11.3 Å². The van der Waals surface area contributed by atoms with Gasteiger partial charge in [-0.3, -0.25) is 9.59 Å². The summed E-state index contributed by atoms with van der Waals surface area (Å²) in [5.41, 5.74) is 1.73. The predicted octanol–water partition coefficient (Wildman–Crippen LogP) is 3.09. The number of rotatable bonds is 4. The molecule has 0 radical (unpaired) electrons. The van der Waals surface area contributed by atoms with Crippen LogP contribution in [0, 0.1) is 13.8 Å². The van der Waals surface area contributed by atoms with Crippen LogP contribution in [0.25, 0.3) is 10.2 Å². The number of aromatic nitrogens is 2. The minimum Gasteiger partial charge on any atom is -0.454 e. The molecular formula is C20H19N3O4S. The van der Waals surface area contributed by atoms with Crippen LogP contribution in [0.2, 0.25) is 0 Å². The Hall–Kier alpha value is -3.00. The second kappa shape index (κ2) is 7.20. The van der Waals surface area contributed by atoms with Crippen LogP contribution in [0.1, 0.15) is 39.5 Å². The van der Waals surface area contributed by atoms with Crippen molar-refractivity contribution in [3.63, 3.8) is 0 Å². The number of thiophene rings is 1. The fourth-order valence-corrected chi connectivity index (χ4v) is 4.36. The molecule has 3 aromatic rings. The molecule has 1 fully saturated rings. The SMILES string of the molecule is Cc1sc2nc(COC(=O)c3cccc(N4CCCC4=O)c3)[nH]c(=O)c2c1C. The molecule has 0 spiro atoms. The molecule has 0 unspecified atom stereocenters. The van der Waals surface area contributed by atoms with Gasteiger partial charge in [0.05, 0.1) is 10.9 Å². The molecular weight excluding hydrogens is 378 g/mol. The van der Waals surface area contributed by atoms with E-state index in [0.717, 1.165) is 16.9 Å². The maximum absolute atomic E-state index is 12.4. The van der Waals surface area contributed by atoms with Gasteiger partial charge in [0.25, 0.3) is 5.56 Å². The van der Waals surface area contributed by atoms with Crippen LogP contribution in [0.3, 0.4) is 0 Å². The van der Waals surface area contributed by atoms with Crippen molar-refractivity contribution < 1.29 is 14.3 Å². The molecule has 144 valence electrons. The van der Waals surface area contributed by atoms with Crippen LogP contribution >= 0.6 is 11.3 Å². The monoisotopic (exact) mass is 397 g/mol. The number of carbonyl (C=O) groups is 2. The number of ether oxygens (including phenoxy) is 1. The third-order valence-corrected chi connectivity index (χ3v) is 6.00. The van der Waals surface area contributed by atoms with Crippen molar-refractivity contribution in [2.24, 2.45) is 0 Å². The molecule has 1 N–H and O–H groups in total. The lowest BCUT2D eigenvalue weighted by Crippen LogP contribution is -2.23. The first-order valence-electron chi connectivity index (χ1n) is 9.00. The molecule has 0 atom stereocenters. The van der Waals surface area contributed by atoms with E-state index in [9.17, 15) is 14.4 Å². The highest BCUT2D eigenvalue weighted by atomic mass is 32.1. The smallest absolute Gasteiger partial charge is 0.338 e. The molecule has 8 heteroatoms. The van der Waals surface area contributed by atoms with E-state index in [1.54, 1.807) is 29.2 Å². The van der Waals surface area contributed by atoms with Crippen molar-refractivity contribution in [3.05, 3.63) is 56.4 Å². The minimum absolute atomic E-state index is 0.0575. The average Bonchev–Trinajstić information content (AvgIpc) is 3.23. The van der Waals surface area contributed by atoms with Crippen LogP contribution in [-0.2, 0) is 16.1 Å². The fourth-order valence-electron chi connectivity index (χ4n) is 3.31. The van der Waals surface area contributed by atoms with Gasteiger partial charge in [0, 0.05) is 23.5 Å². The van der Waals surface area contributed by atoms with Crippen LogP contribution in [0.4, 0.5) is 5.69 Å². The van der Waals surface area contributed by atoms with E-state index in [2.05, 4.69) is 9.97 Å². The Morgan fingerprint density at radius 3 is 2.89 bits per heavy atom. The van der Waals surface area contributed by atoms with Gasteiger partial charge in [0.1, 0.15) is 17.3 Å². The summed E-state index contributed by atoms with van der Waals surface area (Å²) in [6.07, 6.45) is 1.34. The molecule has 0 saturated carbocycles. The number of aryl methyl sites for hydroxylation is 2. The zero-order chi connectivity index (χ0) is 19.8. The number of fused-ring (bicyclic) bond motifs is 1. The van der Waals surface area contributed by atoms with Crippen molar-refractivity contribution in [2.45, 2.75) is 33.3 Å².